The van der Waals surface area contributed by atoms with Gasteiger partial charge < -0.3 is 10.1 Å². The summed E-state index contributed by atoms with van der Waals surface area (Å²) in [7, 11) is 0. The lowest BCUT2D eigenvalue weighted by Gasteiger charge is -2.07. The maximum absolute atomic E-state index is 12.9. The molecule has 3 nitrogen and oxygen atoms in total. The number of amides is 1. The molecule has 0 bridgehead atoms. The topological polar surface area (TPSA) is 38.3 Å². The SMILES string of the molecule is O=C(COc1cccc(F)c1)NC1CC1c1cccs1. The molecule has 2 unspecified atom stereocenters. The van der Waals surface area contributed by atoms with Crippen molar-refractivity contribution in [2.45, 2.75) is 18.4 Å². The Morgan fingerprint density at radius 3 is 3.05 bits per heavy atom. The van der Waals surface area contributed by atoms with Crippen LogP contribution in [0, 0.1) is 5.82 Å². The van der Waals surface area contributed by atoms with Crippen molar-refractivity contribution in [3.8, 4) is 5.75 Å². The zero-order valence-corrected chi connectivity index (χ0v) is 11.5. The predicted octanol–water partition coefficient (Wildman–Crippen LogP) is 2.94. The predicted molar refractivity (Wildman–Crippen MR) is 75.5 cm³/mol. The standard InChI is InChI=1S/C15H14FNO2S/c16-10-3-1-4-11(7-10)19-9-15(18)17-13-8-12(13)14-5-2-6-20-14/h1-7,12-13H,8-9H2,(H,17,18). The van der Waals surface area contributed by atoms with Gasteiger partial charge in [0.15, 0.2) is 6.61 Å². The van der Waals surface area contributed by atoms with Gasteiger partial charge in [-0.25, -0.2) is 4.39 Å². The molecule has 0 spiro atoms. The number of hydrogen-bond donors (Lipinski definition) is 1. The Bertz CT molecular complexity index is 600. The van der Waals surface area contributed by atoms with Crippen molar-refractivity contribution in [2.75, 3.05) is 6.61 Å². The number of nitrogens with one attached hydrogen (secondary N) is 1. The van der Waals surface area contributed by atoms with Gasteiger partial charge in [-0.05, 0) is 30.0 Å². The lowest BCUT2D eigenvalue weighted by molar-refractivity contribution is -0.123. The molecule has 5 heteroatoms. The summed E-state index contributed by atoms with van der Waals surface area (Å²) in [5, 5.41) is 4.97. The number of carbonyl (C=O) groups excluding carboxylic acids is 1. The van der Waals surface area contributed by atoms with E-state index in [1.807, 2.05) is 11.4 Å². The van der Waals surface area contributed by atoms with E-state index in [2.05, 4.69) is 11.4 Å². The minimum atomic E-state index is -0.372. The lowest BCUT2D eigenvalue weighted by Crippen LogP contribution is -2.31. The molecule has 1 N–H and O–H groups in total. The number of thiophene rings is 1. The average molecular weight is 291 g/mol. The van der Waals surface area contributed by atoms with Gasteiger partial charge in [-0.2, -0.15) is 0 Å². The average Bonchev–Trinajstić information content (AvgIpc) is 2.98. The van der Waals surface area contributed by atoms with Crippen LogP contribution >= 0.6 is 11.3 Å². The first kappa shape index (κ1) is 13.1. The first-order valence-corrected chi connectivity index (χ1v) is 7.31. The van der Waals surface area contributed by atoms with Crippen LogP contribution in [-0.4, -0.2) is 18.6 Å². The fraction of sp³-hybridized carbons (Fsp3) is 0.267. The summed E-state index contributed by atoms with van der Waals surface area (Å²) >= 11 is 1.71. The largest absolute Gasteiger partial charge is 0.484 e. The van der Waals surface area contributed by atoms with Crippen LogP contribution in [0.25, 0.3) is 0 Å². The molecule has 0 aliphatic heterocycles. The van der Waals surface area contributed by atoms with Crippen molar-refractivity contribution in [3.05, 3.63) is 52.5 Å². The van der Waals surface area contributed by atoms with Crippen LogP contribution in [0.3, 0.4) is 0 Å². The minimum Gasteiger partial charge on any atom is -0.484 e. The third-order valence-electron chi connectivity index (χ3n) is 3.21. The summed E-state index contributed by atoms with van der Waals surface area (Å²) in [6, 6.07) is 10.1. The number of carbonyl (C=O) groups is 1. The van der Waals surface area contributed by atoms with E-state index in [0.717, 1.165) is 6.42 Å². The van der Waals surface area contributed by atoms with Gasteiger partial charge in [0.2, 0.25) is 0 Å². The number of hydrogen-bond acceptors (Lipinski definition) is 3. The first-order valence-electron chi connectivity index (χ1n) is 6.43. The smallest absolute Gasteiger partial charge is 0.258 e. The van der Waals surface area contributed by atoms with E-state index in [-0.39, 0.29) is 24.4 Å². The quantitative estimate of drug-likeness (QED) is 0.920. The molecular formula is C15H14FNO2S. The molecule has 1 aliphatic carbocycles. The molecule has 20 heavy (non-hydrogen) atoms. The maximum atomic E-state index is 12.9. The highest BCUT2D eigenvalue weighted by atomic mass is 32.1. The Morgan fingerprint density at radius 2 is 2.30 bits per heavy atom. The van der Waals surface area contributed by atoms with Crippen LogP contribution in [0.4, 0.5) is 4.39 Å². The number of rotatable bonds is 5. The molecule has 1 fully saturated rings. The van der Waals surface area contributed by atoms with Gasteiger partial charge in [-0.15, -0.1) is 11.3 Å². The fourth-order valence-corrected chi connectivity index (χ4v) is 3.03. The van der Waals surface area contributed by atoms with Crippen molar-refractivity contribution in [1.82, 2.24) is 5.32 Å². The molecule has 0 radical (unpaired) electrons. The molecule has 2 atom stereocenters. The van der Waals surface area contributed by atoms with Crippen molar-refractivity contribution in [1.29, 1.82) is 0 Å². The third kappa shape index (κ3) is 3.17. The lowest BCUT2D eigenvalue weighted by atomic mass is 10.3. The van der Waals surface area contributed by atoms with Gasteiger partial charge in [0.1, 0.15) is 11.6 Å². The van der Waals surface area contributed by atoms with E-state index in [4.69, 9.17) is 4.74 Å². The molecule has 1 aromatic heterocycles. The summed E-state index contributed by atoms with van der Waals surface area (Å²) in [6.07, 6.45) is 0.978. The second-order valence-corrected chi connectivity index (χ2v) is 5.76. The molecule has 0 saturated heterocycles. The molecule has 1 saturated carbocycles. The Kier molecular flexibility index (Phi) is 3.69. The zero-order chi connectivity index (χ0) is 13.9. The van der Waals surface area contributed by atoms with Crippen molar-refractivity contribution < 1.29 is 13.9 Å². The Balaban J connectivity index is 1.45. The van der Waals surface area contributed by atoms with E-state index < -0.39 is 0 Å². The molecule has 1 aliphatic rings. The fourth-order valence-electron chi connectivity index (χ4n) is 2.13. The Morgan fingerprint density at radius 1 is 1.40 bits per heavy atom. The second-order valence-electron chi connectivity index (χ2n) is 4.78. The molecule has 104 valence electrons. The van der Waals surface area contributed by atoms with E-state index >= 15 is 0 Å². The molecular weight excluding hydrogens is 277 g/mol. The van der Waals surface area contributed by atoms with Crippen molar-refractivity contribution in [3.63, 3.8) is 0 Å². The van der Waals surface area contributed by atoms with Gasteiger partial charge >= 0.3 is 0 Å². The van der Waals surface area contributed by atoms with E-state index in [1.54, 1.807) is 23.5 Å². The van der Waals surface area contributed by atoms with Gasteiger partial charge in [0.05, 0.1) is 0 Å². The van der Waals surface area contributed by atoms with Crippen LogP contribution in [0.2, 0.25) is 0 Å². The van der Waals surface area contributed by atoms with Gasteiger partial charge in [0, 0.05) is 22.9 Å². The highest BCUT2D eigenvalue weighted by Gasteiger charge is 2.40. The third-order valence-corrected chi connectivity index (χ3v) is 4.22. The summed E-state index contributed by atoms with van der Waals surface area (Å²) < 4.78 is 18.2. The number of benzene rings is 1. The van der Waals surface area contributed by atoms with Gasteiger partial charge in [-0.1, -0.05) is 12.1 Å². The number of halogens is 1. The second kappa shape index (κ2) is 5.63. The maximum Gasteiger partial charge on any atom is 0.258 e. The highest BCUT2D eigenvalue weighted by molar-refractivity contribution is 7.10. The molecule has 1 aromatic carbocycles. The zero-order valence-electron chi connectivity index (χ0n) is 10.7. The van der Waals surface area contributed by atoms with Crippen molar-refractivity contribution in [2.24, 2.45) is 0 Å². The van der Waals surface area contributed by atoms with Crippen LogP contribution in [0.1, 0.15) is 17.2 Å². The summed E-state index contributed by atoms with van der Waals surface area (Å²) in [5.41, 5.74) is 0. The minimum absolute atomic E-state index is 0.0862. The first-order chi connectivity index (χ1) is 9.72. The van der Waals surface area contributed by atoms with Crippen molar-refractivity contribution >= 4 is 17.2 Å². The normalized spacial score (nSPS) is 20.4. The van der Waals surface area contributed by atoms with E-state index in [0.29, 0.717) is 11.7 Å². The van der Waals surface area contributed by atoms with Gasteiger partial charge in [-0.3, -0.25) is 4.79 Å². The Hall–Kier alpha value is -1.88. The van der Waals surface area contributed by atoms with Gasteiger partial charge in [0.25, 0.3) is 5.91 Å². The summed E-state index contributed by atoms with van der Waals surface area (Å²) in [5.74, 6) is 0.264. The highest BCUT2D eigenvalue weighted by Crippen LogP contribution is 2.42. The molecule has 1 heterocycles. The monoisotopic (exact) mass is 291 g/mol. The van der Waals surface area contributed by atoms with Crippen LogP contribution < -0.4 is 10.1 Å². The molecule has 2 aromatic rings. The Labute approximate surface area is 120 Å². The van der Waals surface area contributed by atoms with Crippen LogP contribution in [0.15, 0.2) is 41.8 Å². The van der Waals surface area contributed by atoms with E-state index in [9.17, 15) is 9.18 Å². The molecule has 1 amide bonds. The molecule has 3 rings (SSSR count). The van der Waals surface area contributed by atoms with E-state index in [1.165, 1.54) is 17.0 Å². The summed E-state index contributed by atoms with van der Waals surface area (Å²) in [4.78, 5) is 13.0. The van der Waals surface area contributed by atoms with Crippen LogP contribution in [-0.2, 0) is 4.79 Å². The van der Waals surface area contributed by atoms with Crippen LogP contribution in [0.5, 0.6) is 5.75 Å². The summed E-state index contributed by atoms with van der Waals surface area (Å²) in [6.45, 7) is -0.0862. The number of ether oxygens (including phenoxy) is 1.